The molecule has 0 radical (unpaired) electrons. The Morgan fingerprint density at radius 2 is 1.95 bits per heavy atom. The molecule has 2 atom stereocenters. The van der Waals surface area contributed by atoms with Gasteiger partial charge in [0.15, 0.2) is 5.82 Å². The second-order valence-corrected chi connectivity index (χ2v) is 5.26. The van der Waals surface area contributed by atoms with Crippen LogP contribution in [0.1, 0.15) is 12.8 Å². The third-order valence-corrected chi connectivity index (χ3v) is 4.00. The van der Waals surface area contributed by atoms with Crippen LogP contribution in [0, 0.1) is 5.82 Å². The van der Waals surface area contributed by atoms with Crippen molar-refractivity contribution in [2.24, 2.45) is 0 Å². The average molecular weight is 259 g/mol. The van der Waals surface area contributed by atoms with Gasteiger partial charge in [0.05, 0.1) is 11.6 Å². The molecule has 0 spiro atoms. The maximum Gasteiger partial charge on any atom is 0.167 e. The molecule has 4 heterocycles. The lowest BCUT2D eigenvalue weighted by Gasteiger charge is -2.34. The zero-order chi connectivity index (χ0) is 12.8. The Kier molecular flexibility index (Phi) is 2.38. The van der Waals surface area contributed by atoms with Crippen molar-refractivity contribution in [2.45, 2.75) is 24.9 Å². The molecule has 0 aliphatic carbocycles. The van der Waals surface area contributed by atoms with Gasteiger partial charge in [-0.05, 0) is 12.8 Å². The zero-order valence-electron chi connectivity index (χ0n) is 10.4. The van der Waals surface area contributed by atoms with E-state index < -0.39 is 0 Å². The van der Waals surface area contributed by atoms with Crippen molar-refractivity contribution >= 4 is 16.7 Å². The van der Waals surface area contributed by atoms with E-state index in [1.165, 1.54) is 25.4 Å². The molecular formula is C13H14FN5. The fourth-order valence-corrected chi connectivity index (χ4v) is 3.16. The van der Waals surface area contributed by atoms with E-state index in [1.54, 1.807) is 6.20 Å². The number of anilines is 1. The predicted octanol–water partition coefficient (Wildman–Crippen LogP) is 1.10. The average Bonchev–Trinajstić information content (AvgIpc) is 2.77. The predicted molar refractivity (Wildman–Crippen MR) is 69.4 cm³/mol. The van der Waals surface area contributed by atoms with Crippen molar-refractivity contribution in [3.63, 3.8) is 0 Å². The molecule has 2 aromatic heterocycles. The van der Waals surface area contributed by atoms with Crippen molar-refractivity contribution in [3.8, 4) is 0 Å². The van der Waals surface area contributed by atoms with Crippen LogP contribution >= 0.6 is 0 Å². The minimum atomic E-state index is -0.390. The van der Waals surface area contributed by atoms with Gasteiger partial charge in [-0.25, -0.2) is 14.4 Å². The monoisotopic (exact) mass is 259 g/mol. The number of hydrogen-bond donors (Lipinski definition) is 1. The summed E-state index contributed by atoms with van der Waals surface area (Å²) in [5.74, 6) is 0.412. The van der Waals surface area contributed by atoms with Gasteiger partial charge in [-0.1, -0.05) is 0 Å². The number of aromatic nitrogens is 3. The summed E-state index contributed by atoms with van der Waals surface area (Å²) in [6.45, 7) is 1.83. The molecule has 2 aromatic rings. The van der Waals surface area contributed by atoms with Gasteiger partial charge in [-0.3, -0.25) is 4.98 Å². The van der Waals surface area contributed by atoms with Crippen LogP contribution in [0.5, 0.6) is 0 Å². The topological polar surface area (TPSA) is 53.9 Å². The van der Waals surface area contributed by atoms with Crippen LogP contribution in [0.15, 0.2) is 18.7 Å². The number of rotatable bonds is 1. The summed E-state index contributed by atoms with van der Waals surface area (Å²) in [6.07, 6.45) is 6.69. The molecule has 98 valence electrons. The van der Waals surface area contributed by atoms with Crippen LogP contribution < -0.4 is 10.2 Å². The van der Waals surface area contributed by atoms with Gasteiger partial charge in [-0.2, -0.15) is 0 Å². The van der Waals surface area contributed by atoms with Crippen molar-refractivity contribution in [1.82, 2.24) is 20.3 Å². The number of halogens is 1. The van der Waals surface area contributed by atoms with Crippen LogP contribution in [-0.4, -0.2) is 40.1 Å². The third kappa shape index (κ3) is 1.74. The highest BCUT2D eigenvalue weighted by molar-refractivity contribution is 5.88. The summed E-state index contributed by atoms with van der Waals surface area (Å²) in [5, 5.41) is 4.27. The van der Waals surface area contributed by atoms with Gasteiger partial charge in [0, 0.05) is 31.4 Å². The van der Waals surface area contributed by atoms with Crippen molar-refractivity contribution in [1.29, 1.82) is 0 Å². The molecule has 0 aromatic carbocycles. The first-order valence-electron chi connectivity index (χ1n) is 6.56. The first-order chi connectivity index (χ1) is 9.31. The molecule has 0 amide bonds. The molecule has 0 saturated carbocycles. The lowest BCUT2D eigenvalue weighted by molar-refractivity contribution is 0.464. The minimum absolute atomic E-state index is 0.353. The van der Waals surface area contributed by atoms with E-state index in [4.69, 9.17) is 0 Å². The molecule has 2 aliphatic heterocycles. The maximum atomic E-state index is 13.7. The Balaban J connectivity index is 1.81. The maximum absolute atomic E-state index is 13.7. The smallest absolute Gasteiger partial charge is 0.167 e. The first kappa shape index (κ1) is 11.0. The van der Waals surface area contributed by atoms with Crippen molar-refractivity contribution < 1.29 is 4.39 Å². The van der Waals surface area contributed by atoms with E-state index in [9.17, 15) is 4.39 Å². The summed E-state index contributed by atoms with van der Waals surface area (Å²) in [6, 6.07) is 1.04. The molecule has 5 nitrogen and oxygen atoms in total. The van der Waals surface area contributed by atoms with Crippen LogP contribution in [0.2, 0.25) is 0 Å². The first-order valence-corrected chi connectivity index (χ1v) is 6.56. The number of piperazine rings is 1. The molecular weight excluding hydrogens is 245 g/mol. The fourth-order valence-electron chi connectivity index (χ4n) is 3.16. The van der Waals surface area contributed by atoms with Gasteiger partial charge < -0.3 is 10.2 Å². The number of nitrogens with one attached hydrogen (secondary N) is 1. The van der Waals surface area contributed by atoms with Gasteiger partial charge >= 0.3 is 0 Å². The van der Waals surface area contributed by atoms with Crippen LogP contribution in [0.4, 0.5) is 10.2 Å². The quantitative estimate of drug-likeness (QED) is 0.831. The highest BCUT2D eigenvalue weighted by atomic mass is 19.1. The lowest BCUT2D eigenvalue weighted by atomic mass is 10.2. The molecule has 2 bridgehead atoms. The zero-order valence-corrected chi connectivity index (χ0v) is 10.4. The molecule has 2 aliphatic rings. The third-order valence-electron chi connectivity index (χ3n) is 4.00. The van der Waals surface area contributed by atoms with Gasteiger partial charge in [0.1, 0.15) is 17.7 Å². The van der Waals surface area contributed by atoms with Crippen LogP contribution in [0.25, 0.3) is 10.9 Å². The van der Waals surface area contributed by atoms with Gasteiger partial charge in [0.2, 0.25) is 0 Å². The summed E-state index contributed by atoms with van der Waals surface area (Å²) < 4.78 is 13.7. The fraction of sp³-hybridized carbons (Fsp3) is 0.462. The molecule has 2 saturated heterocycles. The van der Waals surface area contributed by atoms with E-state index in [2.05, 4.69) is 25.2 Å². The van der Waals surface area contributed by atoms with E-state index in [-0.39, 0.29) is 5.82 Å². The van der Waals surface area contributed by atoms with E-state index in [0.717, 1.165) is 18.9 Å². The molecule has 2 fully saturated rings. The number of fused-ring (bicyclic) bond motifs is 3. The van der Waals surface area contributed by atoms with Crippen LogP contribution in [0.3, 0.4) is 0 Å². The summed E-state index contributed by atoms with van der Waals surface area (Å²) in [5.41, 5.74) is 0.353. The van der Waals surface area contributed by atoms with E-state index >= 15 is 0 Å². The molecule has 1 N–H and O–H groups in total. The number of nitrogens with zero attached hydrogens (tertiary/aromatic N) is 4. The minimum Gasteiger partial charge on any atom is -0.353 e. The van der Waals surface area contributed by atoms with Crippen LogP contribution in [-0.2, 0) is 0 Å². The number of hydrogen-bond acceptors (Lipinski definition) is 5. The van der Waals surface area contributed by atoms with E-state index in [0.29, 0.717) is 23.0 Å². The largest absolute Gasteiger partial charge is 0.353 e. The standard InChI is InChI=1S/C13H14FN5/c14-11-4-15-3-10-12(11)16-7-17-13(10)19-5-8-1-2-9(6-19)18-8/h3-4,7-9,18H,1-2,5-6H2. The molecule has 19 heavy (non-hydrogen) atoms. The molecule has 6 heteroatoms. The summed E-state index contributed by atoms with van der Waals surface area (Å²) in [4.78, 5) is 14.5. The normalized spacial score (nSPS) is 26.1. The van der Waals surface area contributed by atoms with Gasteiger partial charge in [-0.15, -0.1) is 0 Å². The Morgan fingerprint density at radius 1 is 1.16 bits per heavy atom. The van der Waals surface area contributed by atoms with Crippen molar-refractivity contribution in [2.75, 3.05) is 18.0 Å². The van der Waals surface area contributed by atoms with Crippen molar-refractivity contribution in [3.05, 3.63) is 24.5 Å². The lowest BCUT2D eigenvalue weighted by Crippen LogP contribution is -2.51. The Morgan fingerprint density at radius 3 is 2.74 bits per heavy atom. The highest BCUT2D eigenvalue weighted by Crippen LogP contribution is 2.28. The summed E-state index contributed by atoms with van der Waals surface area (Å²) >= 11 is 0. The second kappa shape index (κ2) is 4.09. The van der Waals surface area contributed by atoms with Gasteiger partial charge in [0.25, 0.3) is 0 Å². The SMILES string of the molecule is Fc1cncc2c(N3CC4CCC(C3)N4)ncnc12. The Hall–Kier alpha value is -1.82. The molecule has 2 unspecified atom stereocenters. The Labute approximate surface area is 109 Å². The second-order valence-electron chi connectivity index (χ2n) is 5.26. The van der Waals surface area contributed by atoms with E-state index in [1.807, 2.05) is 0 Å². The Bertz CT molecular complexity index is 619. The summed E-state index contributed by atoms with van der Waals surface area (Å²) in [7, 11) is 0. The number of pyridine rings is 1. The molecule has 4 rings (SSSR count). The highest BCUT2D eigenvalue weighted by Gasteiger charge is 2.33.